The summed E-state index contributed by atoms with van der Waals surface area (Å²) in [5.41, 5.74) is 5.47. The van der Waals surface area contributed by atoms with E-state index in [-0.39, 0.29) is 23.7 Å². The quantitative estimate of drug-likeness (QED) is 0.522. The van der Waals surface area contributed by atoms with Crippen LogP contribution < -0.4 is 11.3 Å². The van der Waals surface area contributed by atoms with Crippen LogP contribution in [0.3, 0.4) is 0 Å². The van der Waals surface area contributed by atoms with Crippen LogP contribution in [0.2, 0.25) is 0 Å². The van der Waals surface area contributed by atoms with Crippen LogP contribution in [0.15, 0.2) is 11.0 Å². The third-order valence-corrected chi connectivity index (χ3v) is 1.65. The molecular formula is C7H7N5O2. The fourth-order valence-corrected chi connectivity index (χ4v) is 1.05. The molecular weight excluding hydrogens is 186 g/mol. The number of hydrogen-bond donors (Lipinski definition) is 3. The van der Waals surface area contributed by atoms with Crippen LogP contribution in [-0.2, 0) is 6.61 Å². The Balaban J connectivity index is 2.82. The Kier molecular flexibility index (Phi) is 1.86. The lowest BCUT2D eigenvalue weighted by atomic mass is 10.4. The molecule has 0 spiro atoms. The molecule has 0 saturated heterocycles. The van der Waals surface area contributed by atoms with Gasteiger partial charge in [0.05, 0.1) is 18.5 Å². The Hall–Kier alpha value is -2.02. The van der Waals surface area contributed by atoms with E-state index >= 15 is 0 Å². The van der Waals surface area contributed by atoms with Gasteiger partial charge in [0.1, 0.15) is 0 Å². The largest absolute Gasteiger partial charge is 0.390 e. The first-order valence-corrected chi connectivity index (χ1v) is 3.83. The van der Waals surface area contributed by atoms with Gasteiger partial charge in [-0.05, 0) is 0 Å². The number of aliphatic hydroxyl groups excluding tert-OH is 1. The van der Waals surface area contributed by atoms with Gasteiger partial charge in [0.2, 0.25) is 5.95 Å². The van der Waals surface area contributed by atoms with E-state index in [1.54, 1.807) is 0 Å². The third kappa shape index (κ3) is 1.29. The maximum atomic E-state index is 11.3. The minimum absolute atomic E-state index is 0.0214. The predicted octanol–water partition coefficient (Wildman–Crippen LogP) is -1.21. The molecule has 0 saturated carbocycles. The minimum atomic E-state index is -0.440. The predicted molar refractivity (Wildman–Crippen MR) is 48.3 cm³/mol. The van der Waals surface area contributed by atoms with Crippen molar-refractivity contribution in [3.8, 4) is 0 Å². The third-order valence-electron chi connectivity index (χ3n) is 1.65. The first kappa shape index (κ1) is 8.57. The van der Waals surface area contributed by atoms with Crippen molar-refractivity contribution in [2.45, 2.75) is 6.61 Å². The van der Waals surface area contributed by atoms with E-state index in [4.69, 9.17) is 10.8 Å². The van der Waals surface area contributed by atoms with Crippen LogP contribution in [0.4, 0.5) is 5.95 Å². The molecule has 7 heteroatoms. The van der Waals surface area contributed by atoms with E-state index in [9.17, 15) is 4.79 Å². The number of H-pyrrole nitrogens is 1. The normalized spacial score (nSPS) is 10.6. The molecule has 4 N–H and O–H groups in total. The second-order valence-electron chi connectivity index (χ2n) is 2.64. The highest BCUT2D eigenvalue weighted by Gasteiger charge is 2.05. The van der Waals surface area contributed by atoms with Crippen LogP contribution in [0, 0.1) is 0 Å². The molecule has 0 aliphatic rings. The Morgan fingerprint density at radius 2 is 2.29 bits per heavy atom. The average Bonchev–Trinajstić information content (AvgIpc) is 2.16. The maximum Gasteiger partial charge on any atom is 0.280 e. The van der Waals surface area contributed by atoms with Crippen LogP contribution in [-0.4, -0.2) is 25.0 Å². The zero-order chi connectivity index (χ0) is 10.1. The summed E-state index contributed by atoms with van der Waals surface area (Å²) in [6.45, 7) is -0.253. The number of nitrogens with two attached hydrogens (primary N) is 1. The van der Waals surface area contributed by atoms with Gasteiger partial charge >= 0.3 is 0 Å². The molecule has 0 aliphatic carbocycles. The standard InChI is InChI=1S/C7H7N5O2/c8-7-11-5-4(6(14)12-7)9-1-3(2-13)10-5/h1,13H,2H2,(H3,8,10,11,12,14). The van der Waals surface area contributed by atoms with Gasteiger partial charge in [-0.2, -0.15) is 4.98 Å². The molecule has 72 valence electrons. The van der Waals surface area contributed by atoms with Crippen LogP contribution in [0.25, 0.3) is 11.2 Å². The van der Waals surface area contributed by atoms with Crippen molar-refractivity contribution in [2.24, 2.45) is 0 Å². The zero-order valence-electron chi connectivity index (χ0n) is 7.06. The van der Waals surface area contributed by atoms with E-state index in [0.717, 1.165) is 0 Å². The van der Waals surface area contributed by atoms with Crippen molar-refractivity contribution in [1.82, 2.24) is 19.9 Å². The number of aliphatic hydroxyl groups is 1. The van der Waals surface area contributed by atoms with Gasteiger partial charge in [0.25, 0.3) is 5.56 Å². The van der Waals surface area contributed by atoms with Gasteiger partial charge in [0, 0.05) is 0 Å². The van der Waals surface area contributed by atoms with Crippen molar-refractivity contribution < 1.29 is 5.11 Å². The van der Waals surface area contributed by atoms with Crippen LogP contribution in [0.1, 0.15) is 5.69 Å². The van der Waals surface area contributed by atoms with Crippen molar-refractivity contribution in [3.63, 3.8) is 0 Å². The summed E-state index contributed by atoms with van der Waals surface area (Å²) in [7, 11) is 0. The fraction of sp³-hybridized carbons (Fsp3) is 0.143. The first-order valence-electron chi connectivity index (χ1n) is 3.83. The number of nitrogens with one attached hydrogen (secondary N) is 1. The fourth-order valence-electron chi connectivity index (χ4n) is 1.05. The smallest absolute Gasteiger partial charge is 0.280 e. The number of fused-ring (bicyclic) bond motifs is 1. The highest BCUT2D eigenvalue weighted by Crippen LogP contribution is 2.02. The molecule has 0 bridgehead atoms. The van der Waals surface area contributed by atoms with Gasteiger partial charge < -0.3 is 10.8 Å². The lowest BCUT2D eigenvalue weighted by molar-refractivity contribution is 0.277. The summed E-state index contributed by atoms with van der Waals surface area (Å²) in [5, 5.41) is 8.79. The van der Waals surface area contributed by atoms with Gasteiger partial charge in [0.15, 0.2) is 11.2 Å². The van der Waals surface area contributed by atoms with Crippen molar-refractivity contribution in [2.75, 3.05) is 5.73 Å². The molecule has 2 heterocycles. The Bertz CT molecular complexity index is 535. The van der Waals surface area contributed by atoms with Gasteiger partial charge in [-0.25, -0.2) is 9.97 Å². The molecule has 2 aromatic heterocycles. The van der Waals surface area contributed by atoms with Gasteiger partial charge in [-0.15, -0.1) is 0 Å². The molecule has 0 aromatic carbocycles. The number of nitrogen functional groups attached to an aromatic ring is 1. The molecule has 2 aromatic rings. The van der Waals surface area contributed by atoms with Crippen LogP contribution >= 0.6 is 0 Å². The molecule has 2 rings (SSSR count). The Morgan fingerprint density at radius 3 is 3.00 bits per heavy atom. The Morgan fingerprint density at radius 1 is 1.50 bits per heavy atom. The molecule has 0 fully saturated rings. The van der Waals surface area contributed by atoms with E-state index in [2.05, 4.69) is 19.9 Å². The number of anilines is 1. The summed E-state index contributed by atoms with van der Waals surface area (Å²) >= 11 is 0. The summed E-state index contributed by atoms with van der Waals surface area (Å²) < 4.78 is 0. The number of nitrogens with zero attached hydrogens (tertiary/aromatic N) is 3. The summed E-state index contributed by atoms with van der Waals surface area (Å²) in [4.78, 5) is 25.0. The molecule has 14 heavy (non-hydrogen) atoms. The average molecular weight is 193 g/mol. The summed E-state index contributed by atoms with van der Waals surface area (Å²) in [5.74, 6) is -0.0214. The Labute approximate surface area is 77.7 Å². The van der Waals surface area contributed by atoms with Gasteiger partial charge in [-0.3, -0.25) is 9.78 Å². The van der Waals surface area contributed by atoms with E-state index in [1.165, 1.54) is 6.20 Å². The second-order valence-corrected chi connectivity index (χ2v) is 2.64. The molecule has 0 aliphatic heterocycles. The minimum Gasteiger partial charge on any atom is -0.390 e. The molecule has 0 amide bonds. The molecule has 0 unspecified atom stereocenters. The number of rotatable bonds is 1. The summed E-state index contributed by atoms with van der Waals surface area (Å²) in [6.07, 6.45) is 1.31. The van der Waals surface area contributed by atoms with E-state index in [1.807, 2.05) is 0 Å². The summed E-state index contributed by atoms with van der Waals surface area (Å²) in [6, 6.07) is 0. The highest BCUT2D eigenvalue weighted by atomic mass is 16.3. The monoisotopic (exact) mass is 193 g/mol. The van der Waals surface area contributed by atoms with Crippen molar-refractivity contribution in [1.29, 1.82) is 0 Å². The lowest BCUT2D eigenvalue weighted by Crippen LogP contribution is -2.13. The maximum absolute atomic E-state index is 11.3. The number of aromatic nitrogens is 4. The SMILES string of the molecule is Nc1nc2nc(CO)cnc2c(=O)[nH]1. The topological polar surface area (TPSA) is 118 Å². The molecule has 7 nitrogen and oxygen atoms in total. The van der Waals surface area contributed by atoms with Crippen LogP contribution in [0.5, 0.6) is 0 Å². The lowest BCUT2D eigenvalue weighted by Gasteiger charge is -1.98. The highest BCUT2D eigenvalue weighted by molar-refractivity contribution is 5.68. The zero-order valence-corrected chi connectivity index (χ0v) is 7.06. The van der Waals surface area contributed by atoms with Gasteiger partial charge in [-0.1, -0.05) is 0 Å². The van der Waals surface area contributed by atoms with Crippen molar-refractivity contribution >= 4 is 17.1 Å². The molecule has 0 radical (unpaired) electrons. The molecule has 0 atom stereocenters. The van der Waals surface area contributed by atoms with E-state index in [0.29, 0.717) is 5.69 Å². The van der Waals surface area contributed by atoms with Crippen molar-refractivity contribution in [3.05, 3.63) is 22.2 Å². The number of aromatic amines is 1. The number of hydrogen-bond acceptors (Lipinski definition) is 6. The second kappa shape index (κ2) is 3.04. The first-order chi connectivity index (χ1) is 6.70. The van der Waals surface area contributed by atoms with E-state index < -0.39 is 5.56 Å².